The number of ether oxygens (including phenoxy) is 3. The molecule has 0 aromatic heterocycles. The van der Waals surface area contributed by atoms with Crippen molar-refractivity contribution in [2.75, 3.05) is 27.6 Å². The maximum absolute atomic E-state index is 6.55. The molecule has 3 atom stereocenters. The average molecular weight is 317 g/mol. The Hall–Kier alpha value is -0.203. The summed E-state index contributed by atoms with van der Waals surface area (Å²) in [6, 6.07) is 0. The van der Waals surface area contributed by atoms with Gasteiger partial charge in [0.2, 0.25) is 0 Å². The first-order valence-electron chi connectivity index (χ1n) is 7.67. The van der Waals surface area contributed by atoms with Crippen molar-refractivity contribution in [1.82, 2.24) is 0 Å². The molecule has 5 heteroatoms. The third kappa shape index (κ3) is 5.49. The highest BCUT2D eigenvalue weighted by Gasteiger charge is 2.41. The lowest BCUT2D eigenvalue weighted by Crippen LogP contribution is -2.47. The van der Waals surface area contributed by atoms with E-state index >= 15 is 0 Å². The summed E-state index contributed by atoms with van der Waals surface area (Å²) in [5.74, 6) is 0.330. The summed E-state index contributed by atoms with van der Waals surface area (Å²) in [6.07, 6.45) is 5.36. The molecule has 4 nitrogen and oxygen atoms in total. The van der Waals surface area contributed by atoms with Crippen LogP contribution in [0, 0.1) is 5.92 Å². The van der Waals surface area contributed by atoms with Gasteiger partial charge in [0.1, 0.15) is 6.79 Å². The average Bonchev–Trinajstić information content (AvgIpc) is 2.37. The van der Waals surface area contributed by atoms with Crippen molar-refractivity contribution in [1.29, 1.82) is 0 Å². The summed E-state index contributed by atoms with van der Waals surface area (Å²) in [7, 11) is 1.60. The molecule has 0 unspecified atom stereocenters. The molecule has 0 radical (unpaired) electrons. The van der Waals surface area contributed by atoms with Crippen molar-refractivity contribution in [2.45, 2.75) is 57.5 Å². The molecule has 0 saturated heterocycles. The van der Waals surface area contributed by atoms with Crippen molar-refractivity contribution < 1.29 is 18.6 Å². The Kier molecular flexibility index (Phi) is 7.07. The first kappa shape index (κ1) is 18.8. The van der Waals surface area contributed by atoms with Gasteiger partial charge in [0.05, 0.1) is 18.8 Å². The highest BCUT2D eigenvalue weighted by atomic mass is 28.4. The SMILES string of the molecule is COCO[C@H]1C=C[C@H](O[Si](C)(C)C(C)(C)C)[C@@H](COC)C1. The summed E-state index contributed by atoms with van der Waals surface area (Å²) in [5, 5.41) is 0.210. The van der Waals surface area contributed by atoms with E-state index in [-0.39, 0.29) is 17.2 Å². The molecule has 0 fully saturated rings. The highest BCUT2D eigenvalue weighted by Crippen LogP contribution is 2.39. The second kappa shape index (κ2) is 7.88. The Morgan fingerprint density at radius 1 is 1.10 bits per heavy atom. The van der Waals surface area contributed by atoms with Crippen molar-refractivity contribution >= 4 is 8.32 Å². The van der Waals surface area contributed by atoms with Gasteiger partial charge in [-0.05, 0) is 24.6 Å². The predicted octanol–water partition coefficient (Wildman–Crippen LogP) is 3.59. The van der Waals surface area contributed by atoms with Crippen LogP contribution in [0.5, 0.6) is 0 Å². The van der Waals surface area contributed by atoms with E-state index in [1.165, 1.54) is 0 Å². The van der Waals surface area contributed by atoms with Gasteiger partial charge in [-0.1, -0.05) is 32.9 Å². The quantitative estimate of drug-likeness (QED) is 0.409. The molecule has 0 aromatic rings. The lowest BCUT2D eigenvalue weighted by Gasteiger charge is -2.42. The van der Waals surface area contributed by atoms with Crippen LogP contribution in [0.2, 0.25) is 18.1 Å². The lowest BCUT2D eigenvalue weighted by atomic mass is 9.90. The summed E-state index contributed by atoms with van der Waals surface area (Å²) in [4.78, 5) is 0. The third-order valence-corrected chi connectivity index (χ3v) is 9.01. The normalized spacial score (nSPS) is 27.1. The Labute approximate surface area is 130 Å². The van der Waals surface area contributed by atoms with Gasteiger partial charge < -0.3 is 18.6 Å². The van der Waals surface area contributed by atoms with Gasteiger partial charge in [-0.15, -0.1) is 0 Å². The fourth-order valence-electron chi connectivity index (χ4n) is 2.21. The summed E-state index contributed by atoms with van der Waals surface area (Å²) < 4.78 is 22.6. The van der Waals surface area contributed by atoms with E-state index in [0.717, 1.165) is 6.42 Å². The van der Waals surface area contributed by atoms with Gasteiger partial charge in [0, 0.05) is 20.1 Å². The van der Waals surface area contributed by atoms with Crippen molar-refractivity contribution in [3.63, 3.8) is 0 Å². The molecule has 21 heavy (non-hydrogen) atoms. The molecule has 124 valence electrons. The zero-order valence-electron chi connectivity index (χ0n) is 14.6. The lowest BCUT2D eigenvalue weighted by molar-refractivity contribution is -0.0729. The van der Waals surface area contributed by atoms with Gasteiger partial charge >= 0.3 is 0 Å². The first-order valence-corrected chi connectivity index (χ1v) is 10.6. The van der Waals surface area contributed by atoms with Crippen LogP contribution in [-0.4, -0.2) is 48.1 Å². The molecule has 0 amide bonds. The minimum atomic E-state index is -1.78. The van der Waals surface area contributed by atoms with Crippen LogP contribution < -0.4 is 0 Å². The Morgan fingerprint density at radius 2 is 1.76 bits per heavy atom. The molecule has 0 spiro atoms. The minimum absolute atomic E-state index is 0.0874. The molecule has 1 aliphatic rings. The van der Waals surface area contributed by atoms with E-state index < -0.39 is 8.32 Å². The third-order valence-electron chi connectivity index (χ3n) is 4.53. The van der Waals surface area contributed by atoms with Crippen molar-refractivity contribution in [3.05, 3.63) is 12.2 Å². The van der Waals surface area contributed by atoms with Crippen LogP contribution in [0.3, 0.4) is 0 Å². The van der Waals surface area contributed by atoms with Crippen LogP contribution in [0.25, 0.3) is 0 Å². The van der Waals surface area contributed by atoms with E-state index in [1.807, 2.05) is 0 Å². The van der Waals surface area contributed by atoms with Crippen LogP contribution in [0.1, 0.15) is 27.2 Å². The van der Waals surface area contributed by atoms with Gasteiger partial charge in [0.25, 0.3) is 0 Å². The molecule has 0 saturated carbocycles. The van der Waals surface area contributed by atoms with Crippen LogP contribution >= 0.6 is 0 Å². The second-order valence-corrected chi connectivity index (χ2v) is 12.0. The minimum Gasteiger partial charge on any atom is -0.410 e. The molecule has 0 N–H and O–H groups in total. The fraction of sp³-hybridized carbons (Fsp3) is 0.875. The molecular formula is C16H32O4Si. The second-order valence-electron chi connectivity index (χ2n) is 7.29. The van der Waals surface area contributed by atoms with Crippen LogP contribution in [0.4, 0.5) is 0 Å². The van der Waals surface area contributed by atoms with Gasteiger partial charge in [0.15, 0.2) is 8.32 Å². The summed E-state index contributed by atoms with van der Waals surface area (Å²) in [6.45, 7) is 12.4. The van der Waals surface area contributed by atoms with Gasteiger partial charge in [-0.3, -0.25) is 0 Å². The molecule has 0 aliphatic heterocycles. The predicted molar refractivity (Wildman–Crippen MR) is 87.9 cm³/mol. The van der Waals surface area contributed by atoms with E-state index in [2.05, 4.69) is 46.0 Å². The zero-order valence-corrected chi connectivity index (χ0v) is 15.6. The maximum atomic E-state index is 6.55. The smallest absolute Gasteiger partial charge is 0.192 e. The molecule has 1 rings (SSSR count). The Balaban J connectivity index is 2.75. The molecule has 0 bridgehead atoms. The fourth-order valence-corrected chi connectivity index (χ4v) is 3.52. The number of hydrogen-bond acceptors (Lipinski definition) is 4. The van der Waals surface area contributed by atoms with E-state index in [4.69, 9.17) is 18.6 Å². The largest absolute Gasteiger partial charge is 0.410 e. The topological polar surface area (TPSA) is 36.9 Å². The standard InChI is InChI=1S/C16H32O4Si/c1-16(2,3)21(6,7)20-15-9-8-14(19-12-18-5)10-13(15)11-17-4/h8-9,13-15H,10-12H2,1-7H3/t13-,14+,15+/m1/s1. The molecule has 0 aromatic carbocycles. The molecular weight excluding hydrogens is 284 g/mol. The van der Waals surface area contributed by atoms with E-state index in [0.29, 0.717) is 19.3 Å². The summed E-state index contributed by atoms with van der Waals surface area (Å²) >= 11 is 0. The molecule has 0 heterocycles. The Morgan fingerprint density at radius 3 is 2.29 bits per heavy atom. The zero-order chi connectivity index (χ0) is 16.1. The van der Waals surface area contributed by atoms with Crippen molar-refractivity contribution in [2.24, 2.45) is 5.92 Å². The Bertz CT molecular complexity index is 336. The number of hydrogen-bond donors (Lipinski definition) is 0. The van der Waals surface area contributed by atoms with Crippen LogP contribution in [-0.2, 0) is 18.6 Å². The van der Waals surface area contributed by atoms with Gasteiger partial charge in [-0.25, -0.2) is 0 Å². The van der Waals surface area contributed by atoms with E-state index in [9.17, 15) is 0 Å². The monoisotopic (exact) mass is 316 g/mol. The first-order chi connectivity index (χ1) is 9.71. The number of methoxy groups -OCH3 is 2. The van der Waals surface area contributed by atoms with E-state index in [1.54, 1.807) is 14.2 Å². The highest BCUT2D eigenvalue weighted by molar-refractivity contribution is 6.74. The number of rotatable bonds is 7. The molecule has 1 aliphatic carbocycles. The van der Waals surface area contributed by atoms with Crippen molar-refractivity contribution in [3.8, 4) is 0 Å². The maximum Gasteiger partial charge on any atom is 0.192 e. The summed E-state index contributed by atoms with van der Waals surface area (Å²) in [5.41, 5.74) is 0. The van der Waals surface area contributed by atoms with Gasteiger partial charge in [-0.2, -0.15) is 0 Å². The van der Waals surface area contributed by atoms with Crippen LogP contribution in [0.15, 0.2) is 12.2 Å².